The van der Waals surface area contributed by atoms with Crippen molar-refractivity contribution >= 4 is 23.6 Å². The molecule has 2 aromatic rings. The molecule has 3 amide bonds. The predicted molar refractivity (Wildman–Crippen MR) is 135 cm³/mol. The molecule has 0 saturated carbocycles. The number of imide groups is 1. The predicted octanol–water partition coefficient (Wildman–Crippen LogP) is 4.46. The lowest BCUT2D eigenvalue weighted by atomic mass is 9.81. The summed E-state index contributed by atoms with van der Waals surface area (Å²) >= 11 is 0. The van der Waals surface area contributed by atoms with Crippen molar-refractivity contribution in [2.45, 2.75) is 64.0 Å². The van der Waals surface area contributed by atoms with E-state index in [1.165, 1.54) is 0 Å². The van der Waals surface area contributed by atoms with Gasteiger partial charge in [-0.25, -0.2) is 9.59 Å². The van der Waals surface area contributed by atoms with Crippen LogP contribution in [0.25, 0.3) is 0 Å². The van der Waals surface area contributed by atoms with Crippen LogP contribution in [0.3, 0.4) is 0 Å². The third kappa shape index (κ3) is 6.86. The Morgan fingerprint density at radius 3 is 2.49 bits per heavy atom. The van der Waals surface area contributed by atoms with Crippen LogP contribution >= 0.6 is 0 Å². The van der Waals surface area contributed by atoms with Crippen molar-refractivity contribution in [3.05, 3.63) is 59.7 Å². The number of carboxylic acid groups (broad SMARTS) is 1. The number of carboxylic acids is 1. The number of ether oxygens (including phenoxy) is 1. The second-order valence-corrected chi connectivity index (χ2v) is 9.68. The minimum Gasteiger partial charge on any atom is -0.491 e. The molecule has 4 rings (SSSR count). The third-order valence-corrected chi connectivity index (χ3v) is 6.48. The molecule has 1 spiro atoms. The molecule has 0 aliphatic carbocycles. The number of aliphatic carboxylic acids is 1. The summed E-state index contributed by atoms with van der Waals surface area (Å²) in [7, 11) is 0. The summed E-state index contributed by atoms with van der Waals surface area (Å²) < 4.78 is 37.6. The number of amides is 3. The maximum absolute atomic E-state index is 13.0. The second kappa shape index (κ2) is 11.7. The van der Waals surface area contributed by atoms with Gasteiger partial charge in [0.05, 0.1) is 17.7 Å². The number of carbonyl (C=O) groups is 3. The normalized spacial score (nSPS) is 21.3. The first-order valence-corrected chi connectivity index (χ1v) is 12.2. The van der Waals surface area contributed by atoms with Gasteiger partial charge in [0.2, 0.25) is 0 Å². The molecule has 0 aromatic heterocycles. The Morgan fingerprint density at radius 2 is 1.90 bits per heavy atom. The zero-order valence-electron chi connectivity index (χ0n) is 21.7. The van der Waals surface area contributed by atoms with Gasteiger partial charge in [-0.3, -0.25) is 19.9 Å². The lowest BCUT2D eigenvalue weighted by Crippen LogP contribution is -2.59. The minimum atomic E-state index is -5.08. The number of alkyl halides is 3. The topological polar surface area (TPSA) is 123 Å². The van der Waals surface area contributed by atoms with E-state index in [2.05, 4.69) is 35.3 Å². The van der Waals surface area contributed by atoms with Crippen molar-refractivity contribution in [3.63, 3.8) is 0 Å². The molecule has 0 unspecified atom stereocenters. The average Bonchev–Trinajstić information content (AvgIpc) is 3.09. The van der Waals surface area contributed by atoms with Crippen LogP contribution in [-0.4, -0.2) is 58.3 Å². The molecule has 2 heterocycles. The van der Waals surface area contributed by atoms with E-state index in [0.29, 0.717) is 30.6 Å². The number of carbonyl (C=O) groups excluding carboxylic acids is 2. The molecule has 2 aromatic carbocycles. The summed E-state index contributed by atoms with van der Waals surface area (Å²) in [4.78, 5) is 38.5. The summed E-state index contributed by atoms with van der Waals surface area (Å²) in [6, 6.07) is 16.7. The van der Waals surface area contributed by atoms with Crippen molar-refractivity contribution in [2.24, 2.45) is 0 Å². The van der Waals surface area contributed by atoms with Gasteiger partial charge < -0.3 is 9.84 Å². The van der Waals surface area contributed by atoms with Crippen LogP contribution in [0.1, 0.15) is 44.7 Å². The molecule has 0 radical (unpaired) electrons. The summed E-state index contributed by atoms with van der Waals surface area (Å²) in [6.45, 7) is 7.52. The first-order valence-electron chi connectivity index (χ1n) is 12.2. The summed E-state index contributed by atoms with van der Waals surface area (Å²) in [5.41, 5.74) is 1.24. The van der Waals surface area contributed by atoms with Crippen LogP contribution in [0.15, 0.2) is 48.5 Å². The number of nitriles is 1. The number of hydrogen-bond acceptors (Lipinski definition) is 6. The summed E-state index contributed by atoms with van der Waals surface area (Å²) in [5.74, 6) is -2.17. The van der Waals surface area contributed by atoms with E-state index in [4.69, 9.17) is 14.6 Å². The lowest BCUT2D eigenvalue weighted by molar-refractivity contribution is -0.192. The van der Waals surface area contributed by atoms with E-state index in [0.717, 1.165) is 17.9 Å². The molecular formula is C27H29F3N4O5. The molecule has 208 valence electrons. The van der Waals surface area contributed by atoms with E-state index in [9.17, 15) is 28.0 Å². The van der Waals surface area contributed by atoms with E-state index >= 15 is 0 Å². The number of rotatable bonds is 5. The maximum Gasteiger partial charge on any atom is 0.490 e. The zero-order valence-corrected chi connectivity index (χ0v) is 21.7. The van der Waals surface area contributed by atoms with Crippen LogP contribution in [0.5, 0.6) is 5.75 Å². The van der Waals surface area contributed by atoms with E-state index in [1.807, 2.05) is 26.0 Å². The molecule has 12 heteroatoms. The van der Waals surface area contributed by atoms with Gasteiger partial charge in [0, 0.05) is 24.8 Å². The lowest BCUT2D eigenvalue weighted by Gasteiger charge is -2.45. The highest BCUT2D eigenvalue weighted by molar-refractivity contribution is 6.17. The molecule has 2 N–H and O–H groups in total. The molecular weight excluding hydrogens is 517 g/mol. The van der Waals surface area contributed by atoms with E-state index in [1.54, 1.807) is 29.2 Å². The second-order valence-electron chi connectivity index (χ2n) is 9.68. The molecule has 39 heavy (non-hydrogen) atoms. The summed E-state index contributed by atoms with van der Waals surface area (Å²) in [5, 5.41) is 18.9. The highest BCUT2D eigenvalue weighted by Crippen LogP contribution is 2.40. The number of benzene rings is 2. The van der Waals surface area contributed by atoms with E-state index in [-0.39, 0.29) is 18.1 Å². The van der Waals surface area contributed by atoms with Gasteiger partial charge in [0.25, 0.3) is 5.91 Å². The Kier molecular flexibility index (Phi) is 8.86. The number of halogens is 3. The van der Waals surface area contributed by atoms with Crippen LogP contribution in [-0.2, 0) is 16.1 Å². The molecule has 0 bridgehead atoms. The quantitative estimate of drug-likeness (QED) is 0.531. The van der Waals surface area contributed by atoms with Gasteiger partial charge >= 0.3 is 18.2 Å². The zero-order chi connectivity index (χ0) is 29.0. The maximum atomic E-state index is 13.0. The van der Waals surface area contributed by atoms with Crippen LogP contribution < -0.4 is 15.0 Å². The van der Waals surface area contributed by atoms with Gasteiger partial charge in [0.15, 0.2) is 0 Å². The smallest absolute Gasteiger partial charge is 0.490 e. The van der Waals surface area contributed by atoms with Gasteiger partial charge in [0.1, 0.15) is 11.3 Å². The van der Waals surface area contributed by atoms with Crippen molar-refractivity contribution < 1.29 is 37.4 Å². The number of likely N-dealkylation sites (tertiary alicyclic amines) is 1. The fourth-order valence-corrected chi connectivity index (χ4v) is 4.78. The fourth-order valence-electron chi connectivity index (χ4n) is 4.78. The molecule has 2 fully saturated rings. The van der Waals surface area contributed by atoms with Crippen molar-refractivity contribution in [2.75, 3.05) is 11.4 Å². The van der Waals surface area contributed by atoms with Crippen LogP contribution in [0.4, 0.5) is 23.7 Å². The Hall–Kier alpha value is -4.11. The standard InChI is InChI=1S/C25H28N4O3.C2HF3O2/c1-17(2)32-22-9-5-7-20(13-22)16-28-11-10-25(14-18(28)3)23(30)27-24(31)29(25)21-8-4-6-19(12-21)15-26;3-2(4,5)1(6)7/h4-9,12-13,17-18H,10-11,14,16H2,1-3H3,(H,27,30,31);(H,6,7)/t18-,25+;/m0./s1. The Balaban J connectivity index is 0.000000532. The Labute approximate surface area is 223 Å². The van der Waals surface area contributed by atoms with Crippen molar-refractivity contribution in [1.29, 1.82) is 5.26 Å². The Morgan fingerprint density at radius 1 is 1.23 bits per heavy atom. The van der Waals surface area contributed by atoms with Gasteiger partial charge in [-0.05, 0) is 69.5 Å². The average molecular weight is 547 g/mol. The number of hydrogen-bond donors (Lipinski definition) is 2. The van der Waals surface area contributed by atoms with Gasteiger partial charge in [-0.15, -0.1) is 0 Å². The first-order chi connectivity index (χ1) is 18.3. The molecule has 9 nitrogen and oxygen atoms in total. The van der Waals surface area contributed by atoms with Crippen molar-refractivity contribution in [3.8, 4) is 11.8 Å². The highest BCUT2D eigenvalue weighted by Gasteiger charge is 2.56. The fraction of sp³-hybridized carbons (Fsp3) is 0.407. The number of nitrogens with one attached hydrogen (secondary N) is 1. The number of piperidine rings is 1. The van der Waals surface area contributed by atoms with E-state index < -0.39 is 23.7 Å². The number of anilines is 1. The molecule has 2 aliphatic rings. The minimum absolute atomic E-state index is 0.0803. The SMILES string of the molecule is CC(C)Oc1cccc(CN2CC[C@@]3(C[C@@H]2C)C(=O)NC(=O)N3c2cccc(C#N)c2)c1.O=C(O)C(F)(F)F. The first kappa shape index (κ1) is 29.4. The van der Waals surface area contributed by atoms with Gasteiger partial charge in [-0.2, -0.15) is 18.4 Å². The molecule has 2 atom stereocenters. The van der Waals surface area contributed by atoms with Gasteiger partial charge in [-0.1, -0.05) is 18.2 Å². The number of nitrogens with zero attached hydrogens (tertiary/aromatic N) is 3. The van der Waals surface area contributed by atoms with Crippen molar-refractivity contribution in [1.82, 2.24) is 10.2 Å². The Bertz CT molecular complexity index is 1280. The number of urea groups is 1. The summed E-state index contributed by atoms with van der Waals surface area (Å²) in [6.07, 6.45) is -3.93. The largest absolute Gasteiger partial charge is 0.491 e. The van der Waals surface area contributed by atoms with Crippen LogP contribution in [0.2, 0.25) is 0 Å². The monoisotopic (exact) mass is 546 g/mol. The third-order valence-electron chi connectivity index (χ3n) is 6.48. The molecule has 2 saturated heterocycles. The molecule has 2 aliphatic heterocycles. The highest BCUT2D eigenvalue weighted by atomic mass is 19.4. The van der Waals surface area contributed by atoms with Crippen LogP contribution in [0, 0.1) is 11.3 Å².